The van der Waals surface area contributed by atoms with E-state index in [9.17, 15) is 9.59 Å². The quantitative estimate of drug-likeness (QED) is 0.732. The lowest BCUT2D eigenvalue weighted by atomic mass is 9.95. The number of likely N-dealkylation sites (tertiary alicyclic amines) is 1. The van der Waals surface area contributed by atoms with Gasteiger partial charge in [0.05, 0.1) is 10.2 Å². The van der Waals surface area contributed by atoms with Crippen LogP contribution in [0.2, 0.25) is 0 Å². The molecule has 6 heteroatoms. The third-order valence-electron chi connectivity index (χ3n) is 5.67. The molecule has 1 aliphatic heterocycles. The monoisotopic (exact) mass is 395 g/mol. The van der Waals surface area contributed by atoms with Crippen molar-refractivity contribution in [2.45, 2.75) is 26.3 Å². The van der Waals surface area contributed by atoms with Gasteiger partial charge in [-0.3, -0.25) is 14.5 Å². The maximum absolute atomic E-state index is 12.7. The summed E-state index contributed by atoms with van der Waals surface area (Å²) in [6.07, 6.45) is 1.75. The summed E-state index contributed by atoms with van der Waals surface area (Å²) in [5.74, 6) is 0.122. The number of carbonyl (C=O) groups is 1. The predicted octanol–water partition coefficient (Wildman–Crippen LogP) is 3.76. The number of aryl methyl sites for hydroxylation is 2. The zero-order chi connectivity index (χ0) is 19.7. The van der Waals surface area contributed by atoms with Crippen LogP contribution in [0, 0.1) is 12.8 Å². The van der Waals surface area contributed by atoms with Crippen LogP contribution >= 0.6 is 11.3 Å². The summed E-state index contributed by atoms with van der Waals surface area (Å²) >= 11 is 1.21. The minimum atomic E-state index is 0.0134. The molecular weight excluding hydrogens is 370 g/mol. The van der Waals surface area contributed by atoms with Crippen molar-refractivity contribution in [2.24, 2.45) is 13.0 Å². The molecule has 1 aromatic heterocycles. The molecule has 0 radical (unpaired) electrons. The number of carbonyl (C=O) groups excluding carboxylic acids is 1. The first-order valence-corrected chi connectivity index (χ1v) is 10.5. The van der Waals surface area contributed by atoms with Gasteiger partial charge >= 0.3 is 4.87 Å². The molecule has 0 saturated carbocycles. The van der Waals surface area contributed by atoms with Gasteiger partial charge in [-0.1, -0.05) is 35.6 Å². The first-order chi connectivity index (χ1) is 13.5. The number of hydrogen-bond acceptors (Lipinski definition) is 4. The topological polar surface area (TPSA) is 54.3 Å². The summed E-state index contributed by atoms with van der Waals surface area (Å²) in [5, 5.41) is 3.04. The Balaban J connectivity index is 1.35. The zero-order valence-corrected chi connectivity index (χ0v) is 17.1. The van der Waals surface area contributed by atoms with E-state index >= 15 is 0 Å². The van der Waals surface area contributed by atoms with Crippen molar-refractivity contribution in [1.82, 2.24) is 9.47 Å². The number of hydrogen-bond donors (Lipinski definition) is 1. The molecule has 3 aromatic rings. The first-order valence-electron chi connectivity index (χ1n) is 9.68. The molecular formula is C22H25N3O2S. The Morgan fingerprint density at radius 2 is 1.93 bits per heavy atom. The summed E-state index contributed by atoms with van der Waals surface area (Å²) in [5.41, 5.74) is 4.35. The molecule has 1 amide bonds. The second kappa shape index (κ2) is 7.89. The lowest BCUT2D eigenvalue weighted by molar-refractivity contribution is -0.121. The predicted molar refractivity (Wildman–Crippen MR) is 115 cm³/mol. The Bertz CT molecular complexity index is 1060. The lowest BCUT2D eigenvalue weighted by Crippen LogP contribution is -2.37. The smallest absolute Gasteiger partial charge is 0.307 e. The highest BCUT2D eigenvalue weighted by molar-refractivity contribution is 7.16. The van der Waals surface area contributed by atoms with Crippen LogP contribution in [0.3, 0.4) is 0 Å². The van der Waals surface area contributed by atoms with E-state index in [0.29, 0.717) is 0 Å². The van der Waals surface area contributed by atoms with Crippen molar-refractivity contribution in [3.05, 3.63) is 63.3 Å². The summed E-state index contributed by atoms with van der Waals surface area (Å²) in [6, 6.07) is 14.2. The van der Waals surface area contributed by atoms with Crippen molar-refractivity contribution in [3.63, 3.8) is 0 Å². The van der Waals surface area contributed by atoms with E-state index in [-0.39, 0.29) is 16.7 Å². The number of nitrogens with zero attached hydrogens (tertiary/aromatic N) is 2. The van der Waals surface area contributed by atoms with E-state index in [4.69, 9.17) is 0 Å². The van der Waals surface area contributed by atoms with Gasteiger partial charge in [-0.25, -0.2) is 0 Å². The second-order valence-electron chi connectivity index (χ2n) is 7.58. The normalized spacial score (nSPS) is 15.8. The number of nitrogens with one attached hydrogen (secondary N) is 1. The molecule has 4 rings (SSSR count). The fraction of sp³-hybridized carbons (Fsp3) is 0.364. The largest absolute Gasteiger partial charge is 0.326 e. The molecule has 1 N–H and O–H groups in total. The molecule has 2 heterocycles. The molecule has 0 unspecified atom stereocenters. The Hall–Kier alpha value is -2.44. The Morgan fingerprint density at radius 3 is 2.68 bits per heavy atom. The van der Waals surface area contributed by atoms with Crippen molar-refractivity contribution in [1.29, 1.82) is 0 Å². The summed E-state index contributed by atoms with van der Waals surface area (Å²) in [4.78, 5) is 26.9. The number of rotatable bonds is 4. The highest BCUT2D eigenvalue weighted by Crippen LogP contribution is 2.24. The van der Waals surface area contributed by atoms with Crippen molar-refractivity contribution < 1.29 is 4.79 Å². The third-order valence-corrected chi connectivity index (χ3v) is 6.67. The summed E-state index contributed by atoms with van der Waals surface area (Å²) < 4.78 is 2.54. The average molecular weight is 396 g/mol. The minimum absolute atomic E-state index is 0.0134. The number of thiazole rings is 1. The Kier molecular flexibility index (Phi) is 5.33. The van der Waals surface area contributed by atoms with E-state index in [1.54, 1.807) is 11.6 Å². The van der Waals surface area contributed by atoms with Gasteiger partial charge in [0, 0.05) is 25.2 Å². The highest BCUT2D eigenvalue weighted by Gasteiger charge is 2.25. The third kappa shape index (κ3) is 3.88. The summed E-state index contributed by atoms with van der Waals surface area (Å²) in [6.45, 7) is 4.97. The molecule has 0 bridgehead atoms. The molecule has 2 aromatic carbocycles. The van der Waals surface area contributed by atoms with E-state index < -0.39 is 0 Å². The molecule has 28 heavy (non-hydrogen) atoms. The van der Waals surface area contributed by atoms with E-state index in [1.807, 2.05) is 18.2 Å². The fourth-order valence-corrected chi connectivity index (χ4v) is 4.76. The maximum Gasteiger partial charge on any atom is 0.307 e. The van der Waals surface area contributed by atoms with Crippen LogP contribution in [-0.2, 0) is 18.4 Å². The van der Waals surface area contributed by atoms with Gasteiger partial charge in [0.1, 0.15) is 0 Å². The van der Waals surface area contributed by atoms with Crippen LogP contribution in [0.15, 0.2) is 47.3 Å². The van der Waals surface area contributed by atoms with Crippen LogP contribution in [-0.4, -0.2) is 28.5 Å². The van der Waals surface area contributed by atoms with E-state index in [0.717, 1.165) is 48.4 Å². The maximum atomic E-state index is 12.7. The molecule has 0 aliphatic carbocycles. The number of benzene rings is 2. The van der Waals surface area contributed by atoms with Gasteiger partial charge in [-0.2, -0.15) is 0 Å². The number of piperidine rings is 1. The number of aromatic nitrogens is 1. The highest BCUT2D eigenvalue weighted by atomic mass is 32.1. The molecule has 0 atom stereocenters. The minimum Gasteiger partial charge on any atom is -0.326 e. The molecule has 1 fully saturated rings. The van der Waals surface area contributed by atoms with Crippen molar-refractivity contribution >= 4 is 33.1 Å². The standard InChI is InChI=1S/C22H25N3O2S/c1-15-5-3-4-6-17(15)14-25-11-9-16(10-12-25)21(26)23-18-7-8-19-20(13-18)28-22(27)24(19)2/h3-8,13,16H,9-12,14H2,1-2H3,(H,23,26). The first kappa shape index (κ1) is 18.9. The second-order valence-corrected chi connectivity index (χ2v) is 8.57. The van der Waals surface area contributed by atoms with Gasteiger partial charge < -0.3 is 9.88 Å². The Morgan fingerprint density at radius 1 is 1.18 bits per heavy atom. The van der Waals surface area contributed by atoms with Crippen LogP contribution in [0.5, 0.6) is 0 Å². The van der Waals surface area contributed by atoms with Crippen LogP contribution in [0.25, 0.3) is 10.2 Å². The molecule has 1 saturated heterocycles. The molecule has 146 valence electrons. The van der Waals surface area contributed by atoms with Crippen LogP contribution in [0.4, 0.5) is 5.69 Å². The van der Waals surface area contributed by atoms with Gasteiger partial charge in [0.15, 0.2) is 0 Å². The fourth-order valence-electron chi connectivity index (χ4n) is 3.84. The van der Waals surface area contributed by atoms with Crippen molar-refractivity contribution in [3.8, 4) is 0 Å². The van der Waals surface area contributed by atoms with Crippen molar-refractivity contribution in [2.75, 3.05) is 18.4 Å². The number of fused-ring (bicyclic) bond motifs is 1. The number of anilines is 1. The average Bonchev–Trinajstić information content (AvgIpc) is 2.97. The molecule has 0 spiro atoms. The van der Waals surface area contributed by atoms with E-state index in [2.05, 4.69) is 41.4 Å². The summed E-state index contributed by atoms with van der Waals surface area (Å²) in [7, 11) is 1.77. The SMILES string of the molecule is Cc1ccccc1CN1CCC(C(=O)Nc2ccc3c(c2)sc(=O)n3C)CC1. The van der Waals surface area contributed by atoms with Gasteiger partial charge in [-0.15, -0.1) is 0 Å². The van der Waals surface area contributed by atoms with E-state index in [1.165, 1.54) is 22.5 Å². The molecule has 1 aliphatic rings. The lowest BCUT2D eigenvalue weighted by Gasteiger charge is -2.31. The van der Waals surface area contributed by atoms with Crippen LogP contribution in [0.1, 0.15) is 24.0 Å². The molecule has 5 nitrogen and oxygen atoms in total. The van der Waals surface area contributed by atoms with Gasteiger partial charge in [0.25, 0.3) is 0 Å². The Labute approximate surface area is 168 Å². The van der Waals surface area contributed by atoms with Gasteiger partial charge in [0.2, 0.25) is 5.91 Å². The number of amides is 1. The van der Waals surface area contributed by atoms with Crippen LogP contribution < -0.4 is 10.2 Å². The zero-order valence-electron chi connectivity index (χ0n) is 16.3. The van der Waals surface area contributed by atoms with Gasteiger partial charge in [-0.05, 0) is 62.2 Å².